The number of nitrogens with one attached hydrogen (secondary N) is 1. The van der Waals surface area contributed by atoms with Crippen molar-refractivity contribution >= 4 is 17.5 Å². The second-order valence-electron chi connectivity index (χ2n) is 4.51. The van der Waals surface area contributed by atoms with Crippen molar-refractivity contribution < 1.29 is 4.79 Å². The maximum atomic E-state index is 11.6. The topological polar surface area (TPSA) is 29.1 Å². The van der Waals surface area contributed by atoms with Gasteiger partial charge < -0.3 is 5.32 Å². The Morgan fingerprint density at radius 2 is 2.20 bits per heavy atom. The van der Waals surface area contributed by atoms with Gasteiger partial charge in [-0.15, -0.1) is 11.6 Å². The molecule has 1 unspecified atom stereocenters. The highest BCUT2D eigenvalue weighted by molar-refractivity contribution is 6.17. The number of carbonyl (C=O) groups excluding carboxylic acids is 1. The average molecular weight is 232 g/mol. The van der Waals surface area contributed by atoms with E-state index in [1.165, 1.54) is 12.8 Å². The number of hydrogen-bond donors (Lipinski definition) is 1. The van der Waals surface area contributed by atoms with E-state index in [-0.39, 0.29) is 5.91 Å². The number of alkyl halides is 1. The Kier molecular flexibility index (Phi) is 6.07. The predicted molar refractivity (Wildman–Crippen MR) is 64.1 cm³/mol. The van der Waals surface area contributed by atoms with Gasteiger partial charge in [-0.25, -0.2) is 0 Å². The molecule has 1 aliphatic carbocycles. The van der Waals surface area contributed by atoms with Gasteiger partial charge in [-0.3, -0.25) is 4.79 Å². The molecule has 1 aliphatic rings. The Balaban J connectivity index is 2.16. The van der Waals surface area contributed by atoms with Gasteiger partial charge in [0.15, 0.2) is 0 Å². The average Bonchev–Trinajstić information content (AvgIpc) is 2.12. The number of carbonyl (C=O) groups is 1. The van der Waals surface area contributed by atoms with Crippen LogP contribution in [0.4, 0.5) is 0 Å². The Hall–Kier alpha value is -0.240. The molecule has 0 bridgehead atoms. The van der Waals surface area contributed by atoms with Crippen LogP contribution in [0.2, 0.25) is 0 Å². The van der Waals surface area contributed by atoms with E-state index >= 15 is 0 Å². The first-order chi connectivity index (χ1) is 7.27. The zero-order valence-electron chi connectivity index (χ0n) is 9.60. The molecule has 0 aromatic heterocycles. The predicted octanol–water partition coefficient (Wildman–Crippen LogP) is 2.95. The molecule has 0 heterocycles. The highest BCUT2D eigenvalue weighted by Gasteiger charge is 2.25. The fourth-order valence-electron chi connectivity index (χ4n) is 1.97. The van der Waals surface area contributed by atoms with Crippen molar-refractivity contribution in [3.63, 3.8) is 0 Å². The van der Waals surface area contributed by atoms with E-state index in [1.54, 1.807) is 0 Å². The molecule has 2 nitrogen and oxygen atoms in total. The van der Waals surface area contributed by atoms with Crippen LogP contribution in [0, 0.1) is 11.8 Å². The first-order valence-electron chi connectivity index (χ1n) is 6.11. The minimum absolute atomic E-state index is 0.261. The lowest BCUT2D eigenvalue weighted by Gasteiger charge is -2.25. The zero-order valence-corrected chi connectivity index (χ0v) is 10.4. The van der Waals surface area contributed by atoms with Crippen molar-refractivity contribution in [3.8, 4) is 0 Å². The van der Waals surface area contributed by atoms with Crippen LogP contribution in [0.5, 0.6) is 0 Å². The van der Waals surface area contributed by atoms with Crippen LogP contribution in [-0.4, -0.2) is 18.3 Å². The van der Waals surface area contributed by atoms with E-state index < -0.39 is 0 Å². The van der Waals surface area contributed by atoms with Gasteiger partial charge in [0, 0.05) is 18.3 Å². The summed E-state index contributed by atoms with van der Waals surface area (Å²) in [5.74, 6) is 1.83. The molecule has 0 spiro atoms. The van der Waals surface area contributed by atoms with Crippen LogP contribution in [-0.2, 0) is 4.79 Å². The number of halogens is 1. The molecular formula is C12H22ClNO. The van der Waals surface area contributed by atoms with E-state index in [1.807, 2.05) is 0 Å². The molecule has 0 radical (unpaired) electrons. The molecule has 0 aliphatic heterocycles. The molecular weight excluding hydrogens is 210 g/mol. The largest absolute Gasteiger partial charge is 0.356 e. The highest BCUT2D eigenvalue weighted by Crippen LogP contribution is 2.26. The Morgan fingerprint density at radius 1 is 1.47 bits per heavy atom. The van der Waals surface area contributed by atoms with Crippen molar-refractivity contribution in [2.75, 3.05) is 12.4 Å². The Morgan fingerprint density at radius 3 is 2.67 bits per heavy atom. The highest BCUT2D eigenvalue weighted by atomic mass is 35.5. The van der Waals surface area contributed by atoms with Gasteiger partial charge in [0.2, 0.25) is 5.91 Å². The van der Waals surface area contributed by atoms with E-state index in [9.17, 15) is 4.79 Å². The van der Waals surface area contributed by atoms with Crippen molar-refractivity contribution in [2.45, 2.75) is 45.4 Å². The minimum atomic E-state index is 0.261. The number of hydrogen-bond acceptors (Lipinski definition) is 1. The molecule has 0 aromatic rings. The van der Waals surface area contributed by atoms with Crippen molar-refractivity contribution in [3.05, 3.63) is 0 Å². The van der Waals surface area contributed by atoms with E-state index in [2.05, 4.69) is 12.2 Å². The van der Waals surface area contributed by atoms with Crippen molar-refractivity contribution in [1.82, 2.24) is 5.32 Å². The second kappa shape index (κ2) is 7.10. The fourth-order valence-corrected chi connectivity index (χ4v) is 2.28. The molecule has 1 amide bonds. The van der Waals surface area contributed by atoms with E-state index in [0.717, 1.165) is 32.2 Å². The second-order valence-corrected chi connectivity index (χ2v) is 4.88. The maximum absolute atomic E-state index is 11.6. The summed E-state index contributed by atoms with van der Waals surface area (Å²) in [7, 11) is 0. The number of rotatable bonds is 7. The first kappa shape index (κ1) is 12.8. The van der Waals surface area contributed by atoms with Gasteiger partial charge in [-0.1, -0.05) is 19.8 Å². The molecule has 15 heavy (non-hydrogen) atoms. The van der Waals surface area contributed by atoms with Gasteiger partial charge in [0.05, 0.1) is 0 Å². The summed E-state index contributed by atoms with van der Waals surface area (Å²) in [6.45, 7) is 2.99. The molecule has 1 N–H and O–H groups in total. The normalized spacial score (nSPS) is 18.3. The summed E-state index contributed by atoms with van der Waals surface area (Å²) < 4.78 is 0. The first-order valence-corrected chi connectivity index (χ1v) is 6.65. The Labute approximate surface area is 97.8 Å². The summed E-state index contributed by atoms with van der Waals surface area (Å²) in [5.41, 5.74) is 0. The molecule has 0 aromatic carbocycles. The van der Waals surface area contributed by atoms with Crippen LogP contribution in [0.3, 0.4) is 0 Å². The van der Waals surface area contributed by atoms with Crippen molar-refractivity contribution in [1.29, 1.82) is 0 Å². The quantitative estimate of drug-likeness (QED) is 0.671. The van der Waals surface area contributed by atoms with E-state index in [0.29, 0.717) is 17.7 Å². The molecule has 1 rings (SSSR count). The summed E-state index contributed by atoms with van der Waals surface area (Å²) >= 11 is 5.74. The molecule has 1 saturated carbocycles. The lowest BCUT2D eigenvalue weighted by molar-refractivity contribution is -0.127. The molecule has 3 heteroatoms. The van der Waals surface area contributed by atoms with Crippen LogP contribution in [0.25, 0.3) is 0 Å². The summed E-state index contributed by atoms with van der Waals surface area (Å²) in [6, 6.07) is 0. The smallest absolute Gasteiger partial charge is 0.223 e. The lowest BCUT2D eigenvalue weighted by Crippen LogP contribution is -2.37. The summed E-state index contributed by atoms with van der Waals surface area (Å²) in [6.07, 6.45) is 6.73. The van der Waals surface area contributed by atoms with Crippen LogP contribution in [0.15, 0.2) is 0 Å². The molecule has 0 saturated heterocycles. The third-order valence-corrected chi connectivity index (χ3v) is 3.47. The van der Waals surface area contributed by atoms with Crippen LogP contribution in [0.1, 0.15) is 45.4 Å². The van der Waals surface area contributed by atoms with Gasteiger partial charge >= 0.3 is 0 Å². The number of amides is 1. The zero-order chi connectivity index (χ0) is 11.1. The fraction of sp³-hybridized carbons (Fsp3) is 0.917. The molecule has 1 atom stereocenters. The van der Waals surface area contributed by atoms with Gasteiger partial charge in [-0.2, -0.15) is 0 Å². The Bertz CT molecular complexity index is 186. The lowest BCUT2D eigenvalue weighted by atomic mass is 9.84. The maximum Gasteiger partial charge on any atom is 0.223 e. The third kappa shape index (κ3) is 4.42. The van der Waals surface area contributed by atoms with Crippen molar-refractivity contribution in [2.24, 2.45) is 11.8 Å². The van der Waals surface area contributed by atoms with Gasteiger partial charge in [-0.05, 0) is 31.6 Å². The summed E-state index contributed by atoms with van der Waals surface area (Å²) in [4.78, 5) is 11.6. The monoisotopic (exact) mass is 231 g/mol. The van der Waals surface area contributed by atoms with Crippen LogP contribution < -0.4 is 5.32 Å². The standard InChI is InChI=1S/C12H22ClNO/c1-2-4-10(7-8-13)9-14-12(15)11-5-3-6-11/h10-11H,2-9H2,1H3,(H,14,15). The van der Waals surface area contributed by atoms with E-state index in [4.69, 9.17) is 11.6 Å². The van der Waals surface area contributed by atoms with Gasteiger partial charge in [0.1, 0.15) is 0 Å². The third-order valence-electron chi connectivity index (χ3n) is 3.26. The SMILES string of the molecule is CCCC(CCCl)CNC(=O)C1CCC1. The summed E-state index contributed by atoms with van der Waals surface area (Å²) in [5, 5.41) is 3.06. The van der Waals surface area contributed by atoms with Gasteiger partial charge in [0.25, 0.3) is 0 Å². The molecule has 1 fully saturated rings. The minimum Gasteiger partial charge on any atom is -0.356 e. The van der Waals surface area contributed by atoms with Crippen LogP contribution >= 0.6 is 11.6 Å². The molecule has 88 valence electrons.